The van der Waals surface area contributed by atoms with E-state index in [1.807, 2.05) is 0 Å². The van der Waals surface area contributed by atoms with Crippen LogP contribution in [0.15, 0.2) is 35.5 Å². The van der Waals surface area contributed by atoms with Crippen LogP contribution in [0.4, 0.5) is 18.0 Å². The number of halogens is 3. The lowest BCUT2D eigenvalue weighted by molar-refractivity contribution is -0.274. The fourth-order valence-electron chi connectivity index (χ4n) is 2.59. The first-order valence-corrected chi connectivity index (χ1v) is 8.65. The molecule has 0 spiro atoms. The highest BCUT2D eigenvalue weighted by molar-refractivity contribution is 5.95. The van der Waals surface area contributed by atoms with Crippen LogP contribution in [0.3, 0.4) is 0 Å². The van der Waals surface area contributed by atoms with Crippen LogP contribution in [0, 0.1) is 0 Å². The number of hydrogen-bond donors (Lipinski definition) is 2. The van der Waals surface area contributed by atoms with Gasteiger partial charge in [0, 0.05) is 0 Å². The number of carbonyl (C=O) groups excluding carboxylic acids is 3. The predicted octanol–water partition coefficient (Wildman–Crippen LogP) is 2.65. The van der Waals surface area contributed by atoms with Crippen LogP contribution in [-0.4, -0.2) is 43.6 Å². The molecule has 0 aromatic heterocycles. The van der Waals surface area contributed by atoms with E-state index in [1.165, 1.54) is 0 Å². The van der Waals surface area contributed by atoms with Crippen LogP contribution in [-0.2, 0) is 14.3 Å². The summed E-state index contributed by atoms with van der Waals surface area (Å²) in [5.74, 6) is -2.01. The molecule has 2 N–H and O–H groups in total. The van der Waals surface area contributed by atoms with E-state index in [9.17, 15) is 27.6 Å². The van der Waals surface area contributed by atoms with E-state index in [1.54, 1.807) is 13.8 Å². The molecule has 158 valence electrons. The summed E-state index contributed by atoms with van der Waals surface area (Å²) in [6, 6.07) is 2.94. The molecule has 0 radical (unpaired) electrons. The third-order valence-electron chi connectivity index (χ3n) is 3.82. The molecule has 29 heavy (non-hydrogen) atoms. The molecule has 0 bridgehead atoms. The highest BCUT2D eigenvalue weighted by Gasteiger charge is 2.32. The number of ether oxygens (including phenoxy) is 3. The van der Waals surface area contributed by atoms with Crippen molar-refractivity contribution in [2.75, 3.05) is 13.2 Å². The maximum Gasteiger partial charge on any atom is 0.573 e. The Morgan fingerprint density at radius 1 is 1.07 bits per heavy atom. The second-order valence-corrected chi connectivity index (χ2v) is 5.82. The van der Waals surface area contributed by atoms with Gasteiger partial charge in [-0.15, -0.1) is 13.2 Å². The van der Waals surface area contributed by atoms with Crippen molar-refractivity contribution in [1.82, 2.24) is 10.6 Å². The number of rotatable bonds is 7. The molecule has 1 heterocycles. The third-order valence-corrected chi connectivity index (χ3v) is 3.82. The van der Waals surface area contributed by atoms with E-state index < -0.39 is 42.7 Å². The van der Waals surface area contributed by atoms with E-state index >= 15 is 0 Å². The molecule has 0 aliphatic carbocycles. The van der Waals surface area contributed by atoms with Crippen molar-refractivity contribution in [2.45, 2.75) is 32.7 Å². The molecule has 2 rings (SSSR count). The second kappa shape index (κ2) is 9.30. The second-order valence-electron chi connectivity index (χ2n) is 5.82. The largest absolute Gasteiger partial charge is 0.573 e. The number of esters is 2. The smallest absolute Gasteiger partial charge is 0.463 e. The van der Waals surface area contributed by atoms with Gasteiger partial charge < -0.3 is 24.8 Å². The summed E-state index contributed by atoms with van der Waals surface area (Å²) < 4.78 is 50.4. The van der Waals surface area contributed by atoms with Crippen LogP contribution in [0.25, 0.3) is 0 Å². The summed E-state index contributed by atoms with van der Waals surface area (Å²) >= 11 is 0. The van der Waals surface area contributed by atoms with E-state index in [-0.39, 0.29) is 23.4 Å². The third kappa shape index (κ3) is 6.13. The summed E-state index contributed by atoms with van der Waals surface area (Å²) in [5.41, 5.74) is 0.171. The summed E-state index contributed by atoms with van der Waals surface area (Å²) in [6.45, 7) is 3.06. The number of amides is 2. The first kappa shape index (κ1) is 22.1. The van der Waals surface area contributed by atoms with Gasteiger partial charge in [0.2, 0.25) is 0 Å². The summed E-state index contributed by atoms with van der Waals surface area (Å²) in [6.07, 6.45) is -4.44. The number of urea groups is 1. The van der Waals surface area contributed by atoms with Gasteiger partial charge in [-0.05, 0) is 37.6 Å². The molecule has 8 nitrogen and oxygen atoms in total. The first-order valence-electron chi connectivity index (χ1n) is 8.65. The topological polar surface area (TPSA) is 103 Å². The van der Waals surface area contributed by atoms with Gasteiger partial charge in [-0.25, -0.2) is 14.4 Å². The molecule has 2 amide bonds. The number of benzene rings is 1. The van der Waals surface area contributed by atoms with E-state index in [4.69, 9.17) is 9.47 Å². The van der Waals surface area contributed by atoms with Crippen molar-refractivity contribution in [3.63, 3.8) is 0 Å². The van der Waals surface area contributed by atoms with Crippen molar-refractivity contribution < 1.29 is 41.8 Å². The molecule has 1 aliphatic rings. The summed E-state index contributed by atoms with van der Waals surface area (Å²) in [7, 11) is 0. The molecule has 0 saturated carbocycles. The van der Waals surface area contributed by atoms with E-state index in [0.29, 0.717) is 6.42 Å². The molecule has 1 aromatic carbocycles. The quantitative estimate of drug-likeness (QED) is 0.663. The molecule has 11 heteroatoms. The van der Waals surface area contributed by atoms with Gasteiger partial charge in [0.05, 0.1) is 29.5 Å². The van der Waals surface area contributed by atoms with Crippen LogP contribution in [0.2, 0.25) is 0 Å². The van der Waals surface area contributed by atoms with Crippen molar-refractivity contribution in [1.29, 1.82) is 0 Å². The summed E-state index contributed by atoms with van der Waals surface area (Å²) in [5, 5.41) is 4.99. The van der Waals surface area contributed by atoms with Gasteiger partial charge in [-0.1, -0.05) is 6.92 Å². The number of alkyl halides is 3. The fraction of sp³-hybridized carbons (Fsp3) is 0.389. The Morgan fingerprint density at radius 2 is 1.72 bits per heavy atom. The summed E-state index contributed by atoms with van der Waals surface area (Å²) in [4.78, 5) is 36.2. The standard InChI is InChI=1S/C18H19F3N2O6/c1-3-12-14(16(25)27-4-2)13(23-17(26)22-12)9-28-15(24)10-5-7-11(8-6-10)29-18(19,20)21/h5-8,12H,3-4,9H2,1-2H3,(H2,22,23,26)/t12-/m0/s1. The molecule has 1 aliphatic heterocycles. The van der Waals surface area contributed by atoms with Crippen LogP contribution >= 0.6 is 0 Å². The van der Waals surface area contributed by atoms with Gasteiger partial charge in [0.15, 0.2) is 0 Å². The molecule has 0 saturated heterocycles. The Morgan fingerprint density at radius 3 is 2.28 bits per heavy atom. The van der Waals surface area contributed by atoms with Gasteiger partial charge in [-0.2, -0.15) is 0 Å². The zero-order valence-corrected chi connectivity index (χ0v) is 15.6. The SMILES string of the molecule is CCOC(=O)C1=C(COC(=O)c2ccc(OC(F)(F)F)cc2)NC(=O)N[C@H]1CC. The average molecular weight is 416 g/mol. The van der Waals surface area contributed by atoms with Crippen molar-refractivity contribution in [3.8, 4) is 5.75 Å². The molecule has 1 atom stereocenters. The number of hydrogen-bond acceptors (Lipinski definition) is 6. The number of carbonyl (C=O) groups is 3. The molecule has 1 aromatic rings. The Hall–Kier alpha value is -3.24. The number of nitrogens with one attached hydrogen (secondary N) is 2. The van der Waals surface area contributed by atoms with Crippen LogP contribution in [0.5, 0.6) is 5.75 Å². The highest BCUT2D eigenvalue weighted by Crippen LogP contribution is 2.23. The highest BCUT2D eigenvalue weighted by atomic mass is 19.4. The lowest BCUT2D eigenvalue weighted by Crippen LogP contribution is -2.51. The minimum Gasteiger partial charge on any atom is -0.463 e. The zero-order chi connectivity index (χ0) is 21.6. The van der Waals surface area contributed by atoms with Crippen molar-refractivity contribution in [3.05, 3.63) is 41.1 Å². The predicted molar refractivity (Wildman–Crippen MR) is 92.8 cm³/mol. The molecular weight excluding hydrogens is 397 g/mol. The van der Waals surface area contributed by atoms with Gasteiger partial charge in [-0.3, -0.25) is 0 Å². The Labute approximate surface area is 164 Å². The maximum absolute atomic E-state index is 12.2. The minimum atomic E-state index is -4.85. The van der Waals surface area contributed by atoms with E-state index in [2.05, 4.69) is 15.4 Å². The lowest BCUT2D eigenvalue weighted by Gasteiger charge is -2.28. The van der Waals surface area contributed by atoms with Crippen molar-refractivity contribution >= 4 is 18.0 Å². The normalized spacial score (nSPS) is 16.6. The van der Waals surface area contributed by atoms with Gasteiger partial charge >= 0.3 is 24.3 Å². The van der Waals surface area contributed by atoms with Crippen LogP contribution in [0.1, 0.15) is 30.6 Å². The average Bonchev–Trinajstić information content (AvgIpc) is 2.64. The Bertz CT molecular complexity index is 805. The molecule has 0 fully saturated rings. The van der Waals surface area contributed by atoms with E-state index in [0.717, 1.165) is 24.3 Å². The first-order chi connectivity index (χ1) is 13.6. The van der Waals surface area contributed by atoms with Gasteiger partial charge in [0.1, 0.15) is 12.4 Å². The Kier molecular flexibility index (Phi) is 7.08. The van der Waals surface area contributed by atoms with Gasteiger partial charge in [0.25, 0.3) is 0 Å². The molecule has 0 unspecified atom stereocenters. The van der Waals surface area contributed by atoms with Crippen molar-refractivity contribution in [2.24, 2.45) is 0 Å². The fourth-order valence-corrected chi connectivity index (χ4v) is 2.59. The Balaban J connectivity index is 2.13. The zero-order valence-electron chi connectivity index (χ0n) is 15.6. The maximum atomic E-state index is 12.2. The monoisotopic (exact) mass is 416 g/mol. The molecular formula is C18H19F3N2O6. The minimum absolute atomic E-state index is 0.0369. The lowest BCUT2D eigenvalue weighted by atomic mass is 10.0. The van der Waals surface area contributed by atoms with Crippen LogP contribution < -0.4 is 15.4 Å².